The summed E-state index contributed by atoms with van der Waals surface area (Å²) in [7, 11) is 0. The van der Waals surface area contributed by atoms with Gasteiger partial charge in [-0.2, -0.15) is 0 Å². The molecule has 0 bridgehead atoms. The van der Waals surface area contributed by atoms with E-state index in [9.17, 15) is 0 Å². The first-order valence-corrected chi connectivity index (χ1v) is 3.32. The number of hydrogen-bond acceptors (Lipinski definition) is 2. The average molecular weight is 221 g/mol. The van der Waals surface area contributed by atoms with E-state index < -0.39 is 0 Å². The van der Waals surface area contributed by atoms with Gasteiger partial charge in [-0.1, -0.05) is 12.8 Å². The van der Waals surface area contributed by atoms with Crippen LogP contribution in [0.1, 0.15) is 25.7 Å². The Balaban J connectivity index is 0.000000640. The van der Waals surface area contributed by atoms with Gasteiger partial charge < -0.3 is 11.5 Å². The molecule has 9 heavy (non-hydrogen) atoms. The number of rotatable bonds is 0. The molecule has 1 fully saturated rings. The van der Waals surface area contributed by atoms with E-state index in [1.165, 1.54) is 12.8 Å². The summed E-state index contributed by atoms with van der Waals surface area (Å²) in [5.74, 6) is 0. The molecule has 1 rings (SSSR count). The summed E-state index contributed by atoms with van der Waals surface area (Å²) in [4.78, 5) is 0. The van der Waals surface area contributed by atoms with Crippen molar-refractivity contribution in [3.05, 3.63) is 0 Å². The second kappa shape index (κ2) is 4.41. The maximum Gasteiger partial charge on any atom is 0.0192 e. The first-order chi connectivity index (χ1) is 3.80. The Bertz CT molecular complexity index is 67.5. The standard InChI is InChI=1S/C6H14N2.Pd/c7-5-3-1-2-4-6(5)8;/h5-6H,1-4,7-8H2;. The van der Waals surface area contributed by atoms with Crippen LogP contribution in [0.5, 0.6) is 0 Å². The molecule has 0 aromatic carbocycles. The van der Waals surface area contributed by atoms with Crippen LogP contribution in [0.4, 0.5) is 0 Å². The van der Waals surface area contributed by atoms with Crippen molar-refractivity contribution in [3.8, 4) is 0 Å². The minimum absolute atomic E-state index is 0. The van der Waals surface area contributed by atoms with Crippen molar-refractivity contribution >= 4 is 0 Å². The second-order valence-corrected chi connectivity index (χ2v) is 2.61. The molecule has 0 radical (unpaired) electrons. The molecule has 2 unspecified atom stereocenters. The van der Waals surface area contributed by atoms with Crippen molar-refractivity contribution in [2.45, 2.75) is 37.8 Å². The van der Waals surface area contributed by atoms with Gasteiger partial charge in [-0.15, -0.1) is 0 Å². The quantitative estimate of drug-likeness (QED) is 0.574. The summed E-state index contributed by atoms with van der Waals surface area (Å²) in [5.41, 5.74) is 11.3. The van der Waals surface area contributed by atoms with E-state index in [0.717, 1.165) is 12.8 Å². The van der Waals surface area contributed by atoms with E-state index in [0.29, 0.717) is 0 Å². The van der Waals surface area contributed by atoms with Crippen molar-refractivity contribution in [1.29, 1.82) is 0 Å². The monoisotopic (exact) mass is 220 g/mol. The molecule has 1 aliphatic carbocycles. The Labute approximate surface area is 70.0 Å². The summed E-state index contributed by atoms with van der Waals surface area (Å²) in [6.07, 6.45) is 4.80. The molecule has 0 saturated heterocycles. The van der Waals surface area contributed by atoms with Crippen molar-refractivity contribution in [2.75, 3.05) is 0 Å². The molecule has 0 amide bonds. The Morgan fingerprint density at radius 1 is 0.889 bits per heavy atom. The second-order valence-electron chi connectivity index (χ2n) is 2.61. The third-order valence-electron chi connectivity index (χ3n) is 1.87. The third-order valence-corrected chi connectivity index (χ3v) is 1.87. The van der Waals surface area contributed by atoms with Gasteiger partial charge in [-0.05, 0) is 12.8 Å². The van der Waals surface area contributed by atoms with E-state index in [4.69, 9.17) is 11.5 Å². The zero-order valence-electron chi connectivity index (χ0n) is 5.45. The van der Waals surface area contributed by atoms with Crippen LogP contribution in [0, 0.1) is 0 Å². The van der Waals surface area contributed by atoms with Crippen LogP contribution in [0.2, 0.25) is 0 Å². The predicted molar refractivity (Wildman–Crippen MR) is 34.4 cm³/mol. The minimum atomic E-state index is 0. The van der Waals surface area contributed by atoms with Gasteiger partial charge in [0.05, 0.1) is 0 Å². The Kier molecular flexibility index (Phi) is 4.69. The van der Waals surface area contributed by atoms with E-state index in [2.05, 4.69) is 0 Å². The molecule has 0 aliphatic heterocycles. The summed E-state index contributed by atoms with van der Waals surface area (Å²) in [6, 6.07) is 0.562. The van der Waals surface area contributed by atoms with E-state index in [1.54, 1.807) is 0 Å². The molecule has 0 heterocycles. The zero-order valence-corrected chi connectivity index (χ0v) is 7.01. The molecular formula is C6H14N2Pd. The van der Waals surface area contributed by atoms with Crippen LogP contribution in [0.25, 0.3) is 0 Å². The fraction of sp³-hybridized carbons (Fsp3) is 1.00. The first kappa shape index (κ1) is 9.58. The van der Waals surface area contributed by atoms with Gasteiger partial charge in [0.25, 0.3) is 0 Å². The largest absolute Gasteiger partial charge is 0.326 e. The molecule has 2 nitrogen and oxygen atoms in total. The van der Waals surface area contributed by atoms with Gasteiger partial charge in [0.2, 0.25) is 0 Å². The Hall–Kier alpha value is 0.582. The van der Waals surface area contributed by atoms with E-state index in [1.807, 2.05) is 0 Å². The maximum absolute atomic E-state index is 5.65. The number of nitrogens with two attached hydrogens (primary N) is 2. The predicted octanol–water partition coefficient (Wildman–Crippen LogP) is 0.213. The maximum atomic E-state index is 5.65. The molecule has 2 atom stereocenters. The fourth-order valence-electron chi connectivity index (χ4n) is 1.19. The SMILES string of the molecule is NC1CCCCC1N.[Pd]. The van der Waals surface area contributed by atoms with Crippen LogP contribution >= 0.6 is 0 Å². The van der Waals surface area contributed by atoms with Crippen molar-refractivity contribution < 1.29 is 20.4 Å². The summed E-state index contributed by atoms with van der Waals surface area (Å²) in [6.45, 7) is 0. The van der Waals surface area contributed by atoms with Crippen molar-refractivity contribution in [1.82, 2.24) is 0 Å². The van der Waals surface area contributed by atoms with Crippen LogP contribution in [0.15, 0.2) is 0 Å². The van der Waals surface area contributed by atoms with Crippen LogP contribution in [0.3, 0.4) is 0 Å². The Morgan fingerprint density at radius 3 is 1.44 bits per heavy atom. The molecule has 58 valence electrons. The normalized spacial score (nSPS) is 35.3. The van der Waals surface area contributed by atoms with Crippen LogP contribution in [-0.2, 0) is 20.4 Å². The van der Waals surface area contributed by atoms with Gasteiger partial charge in [-0.25, -0.2) is 0 Å². The van der Waals surface area contributed by atoms with Gasteiger partial charge in [0.1, 0.15) is 0 Å². The minimum Gasteiger partial charge on any atom is -0.326 e. The van der Waals surface area contributed by atoms with Gasteiger partial charge in [0.15, 0.2) is 0 Å². The molecule has 0 aromatic rings. The molecular weight excluding hydrogens is 206 g/mol. The summed E-state index contributed by atoms with van der Waals surface area (Å²) >= 11 is 0. The van der Waals surface area contributed by atoms with Gasteiger partial charge in [0, 0.05) is 32.5 Å². The van der Waals surface area contributed by atoms with Gasteiger partial charge >= 0.3 is 0 Å². The average Bonchev–Trinajstić information content (AvgIpc) is 1.77. The van der Waals surface area contributed by atoms with Crippen LogP contribution < -0.4 is 11.5 Å². The smallest absolute Gasteiger partial charge is 0.0192 e. The third kappa shape index (κ3) is 2.77. The molecule has 1 saturated carbocycles. The van der Waals surface area contributed by atoms with Gasteiger partial charge in [-0.3, -0.25) is 0 Å². The van der Waals surface area contributed by atoms with Crippen LogP contribution in [-0.4, -0.2) is 12.1 Å². The first-order valence-electron chi connectivity index (χ1n) is 3.32. The van der Waals surface area contributed by atoms with Crippen molar-refractivity contribution in [3.63, 3.8) is 0 Å². The Morgan fingerprint density at radius 2 is 1.22 bits per heavy atom. The number of hydrogen-bond donors (Lipinski definition) is 2. The van der Waals surface area contributed by atoms with E-state index >= 15 is 0 Å². The molecule has 4 N–H and O–H groups in total. The molecule has 0 spiro atoms. The topological polar surface area (TPSA) is 52.0 Å². The molecule has 3 heteroatoms. The molecule has 1 aliphatic rings. The van der Waals surface area contributed by atoms with Crippen molar-refractivity contribution in [2.24, 2.45) is 11.5 Å². The van der Waals surface area contributed by atoms with E-state index in [-0.39, 0.29) is 32.5 Å². The summed E-state index contributed by atoms with van der Waals surface area (Å²) < 4.78 is 0. The fourth-order valence-corrected chi connectivity index (χ4v) is 1.19. The summed E-state index contributed by atoms with van der Waals surface area (Å²) in [5, 5.41) is 0. The zero-order chi connectivity index (χ0) is 5.98. The molecule has 0 aromatic heterocycles.